The maximum absolute atomic E-state index is 5.42. The van der Waals surface area contributed by atoms with Crippen LogP contribution >= 0.6 is 0 Å². The van der Waals surface area contributed by atoms with Crippen molar-refractivity contribution in [2.75, 3.05) is 7.05 Å². The Labute approximate surface area is 73.0 Å². The number of hydrogen-bond donors (Lipinski definition) is 1. The molecule has 0 aliphatic heterocycles. The third kappa shape index (κ3) is 0.787. The van der Waals surface area contributed by atoms with Gasteiger partial charge in [-0.25, -0.2) is 0 Å². The third-order valence-corrected chi connectivity index (χ3v) is 3.11. The van der Waals surface area contributed by atoms with Crippen LogP contribution in [0.5, 0.6) is 0 Å². The standard InChI is InChI=1S/C10H15NO/c1-9(2)7-10(9,11-3)8-5-4-6-12-8/h4-6,11H,7H2,1-3H3. The lowest BCUT2D eigenvalue weighted by atomic mass is 10.0. The Morgan fingerprint density at radius 1 is 1.50 bits per heavy atom. The number of hydrogen-bond acceptors (Lipinski definition) is 2. The van der Waals surface area contributed by atoms with E-state index in [9.17, 15) is 0 Å². The van der Waals surface area contributed by atoms with Crippen molar-refractivity contribution in [3.8, 4) is 0 Å². The summed E-state index contributed by atoms with van der Waals surface area (Å²) < 4.78 is 5.42. The summed E-state index contributed by atoms with van der Waals surface area (Å²) >= 11 is 0. The highest BCUT2D eigenvalue weighted by Crippen LogP contribution is 2.62. The summed E-state index contributed by atoms with van der Waals surface area (Å²) in [6, 6.07) is 3.99. The van der Waals surface area contributed by atoms with E-state index in [1.165, 1.54) is 0 Å². The molecule has 66 valence electrons. The second-order valence-electron chi connectivity index (χ2n) is 4.19. The fourth-order valence-corrected chi connectivity index (χ4v) is 2.11. The van der Waals surface area contributed by atoms with Crippen LogP contribution in [0.25, 0.3) is 0 Å². The maximum Gasteiger partial charge on any atom is 0.124 e. The van der Waals surface area contributed by atoms with E-state index in [1.54, 1.807) is 6.26 Å². The monoisotopic (exact) mass is 165 g/mol. The van der Waals surface area contributed by atoms with Crippen molar-refractivity contribution in [2.45, 2.75) is 25.8 Å². The highest BCUT2D eigenvalue weighted by Gasteiger charge is 2.63. The summed E-state index contributed by atoms with van der Waals surface area (Å²) in [6.45, 7) is 4.51. The first-order valence-electron chi connectivity index (χ1n) is 4.35. The first kappa shape index (κ1) is 7.87. The van der Waals surface area contributed by atoms with Crippen LogP contribution in [0.4, 0.5) is 0 Å². The van der Waals surface area contributed by atoms with E-state index in [0.29, 0.717) is 5.41 Å². The predicted molar refractivity (Wildman–Crippen MR) is 47.8 cm³/mol. The Kier molecular flexibility index (Phi) is 1.40. The molecule has 1 aliphatic rings. The van der Waals surface area contributed by atoms with Gasteiger partial charge in [0.2, 0.25) is 0 Å². The van der Waals surface area contributed by atoms with Crippen molar-refractivity contribution in [3.63, 3.8) is 0 Å². The molecule has 0 amide bonds. The zero-order chi connectivity index (χ0) is 8.82. The van der Waals surface area contributed by atoms with E-state index < -0.39 is 0 Å². The molecule has 0 bridgehead atoms. The van der Waals surface area contributed by atoms with Crippen molar-refractivity contribution in [1.29, 1.82) is 0 Å². The molecule has 1 aliphatic carbocycles. The molecule has 2 heteroatoms. The molecule has 1 fully saturated rings. The lowest BCUT2D eigenvalue weighted by Crippen LogP contribution is -2.29. The zero-order valence-electron chi connectivity index (χ0n) is 7.85. The van der Waals surface area contributed by atoms with E-state index in [4.69, 9.17) is 4.42 Å². The molecule has 1 aromatic rings. The molecule has 1 atom stereocenters. The molecule has 0 aromatic carbocycles. The fourth-order valence-electron chi connectivity index (χ4n) is 2.11. The van der Waals surface area contributed by atoms with Crippen LogP contribution < -0.4 is 5.32 Å². The third-order valence-electron chi connectivity index (χ3n) is 3.11. The quantitative estimate of drug-likeness (QED) is 0.726. The average Bonchev–Trinajstić information content (AvgIpc) is 2.52. The van der Waals surface area contributed by atoms with Gasteiger partial charge in [0, 0.05) is 0 Å². The van der Waals surface area contributed by atoms with Gasteiger partial charge in [0.1, 0.15) is 5.76 Å². The molecule has 1 unspecified atom stereocenters. The zero-order valence-corrected chi connectivity index (χ0v) is 7.85. The van der Waals surface area contributed by atoms with Crippen molar-refractivity contribution in [2.24, 2.45) is 5.41 Å². The van der Waals surface area contributed by atoms with Crippen LogP contribution in [0.2, 0.25) is 0 Å². The van der Waals surface area contributed by atoms with E-state index >= 15 is 0 Å². The summed E-state index contributed by atoms with van der Waals surface area (Å²) in [5, 5.41) is 3.35. The Hall–Kier alpha value is -0.760. The van der Waals surface area contributed by atoms with E-state index in [0.717, 1.165) is 12.2 Å². The highest BCUT2D eigenvalue weighted by molar-refractivity contribution is 5.28. The van der Waals surface area contributed by atoms with Gasteiger partial charge in [0.15, 0.2) is 0 Å². The minimum atomic E-state index is 0.0938. The molecule has 0 saturated heterocycles. The SMILES string of the molecule is CNC1(c2ccco2)CC1(C)C. The molecule has 1 N–H and O–H groups in total. The number of rotatable bonds is 2. The normalized spacial score (nSPS) is 31.9. The van der Waals surface area contributed by atoms with Gasteiger partial charge in [-0.05, 0) is 31.0 Å². The molecule has 0 spiro atoms. The lowest BCUT2D eigenvalue weighted by molar-refractivity contribution is 0.355. The summed E-state index contributed by atoms with van der Waals surface area (Å²) in [6.07, 6.45) is 2.90. The van der Waals surface area contributed by atoms with Crippen LogP contribution in [0.1, 0.15) is 26.0 Å². The van der Waals surface area contributed by atoms with Crippen molar-refractivity contribution >= 4 is 0 Å². The van der Waals surface area contributed by atoms with Gasteiger partial charge in [-0.15, -0.1) is 0 Å². The van der Waals surface area contributed by atoms with E-state index in [-0.39, 0.29) is 5.54 Å². The molecule has 2 nitrogen and oxygen atoms in total. The van der Waals surface area contributed by atoms with Gasteiger partial charge in [-0.3, -0.25) is 0 Å². The van der Waals surface area contributed by atoms with Gasteiger partial charge in [0.05, 0.1) is 11.8 Å². The molecular formula is C10H15NO. The topological polar surface area (TPSA) is 25.2 Å². The lowest BCUT2D eigenvalue weighted by Gasteiger charge is -2.16. The van der Waals surface area contributed by atoms with Gasteiger partial charge in [-0.2, -0.15) is 0 Å². The Morgan fingerprint density at radius 3 is 2.50 bits per heavy atom. The number of nitrogens with one attached hydrogen (secondary N) is 1. The smallest absolute Gasteiger partial charge is 0.124 e. The van der Waals surface area contributed by atoms with E-state index in [1.807, 2.05) is 19.2 Å². The molecule has 1 saturated carbocycles. The van der Waals surface area contributed by atoms with Crippen molar-refractivity contribution in [1.82, 2.24) is 5.32 Å². The Morgan fingerprint density at radius 2 is 2.17 bits per heavy atom. The minimum absolute atomic E-state index is 0.0938. The molecule has 1 aromatic heterocycles. The molecule has 1 heterocycles. The van der Waals surface area contributed by atoms with Crippen molar-refractivity contribution in [3.05, 3.63) is 24.2 Å². The summed E-state index contributed by atoms with van der Waals surface area (Å²) in [5.41, 5.74) is 0.427. The Balaban J connectivity index is 2.34. The van der Waals surface area contributed by atoms with E-state index in [2.05, 4.69) is 19.2 Å². The van der Waals surface area contributed by atoms with Gasteiger partial charge in [-0.1, -0.05) is 13.8 Å². The predicted octanol–water partition coefficient (Wildman–Crippen LogP) is 2.12. The van der Waals surface area contributed by atoms with Crippen LogP contribution in [0, 0.1) is 5.41 Å². The van der Waals surface area contributed by atoms with Crippen LogP contribution in [-0.4, -0.2) is 7.05 Å². The van der Waals surface area contributed by atoms with Gasteiger partial charge < -0.3 is 9.73 Å². The highest BCUT2D eigenvalue weighted by atomic mass is 16.3. The molecular weight excluding hydrogens is 150 g/mol. The van der Waals surface area contributed by atoms with Gasteiger partial charge >= 0.3 is 0 Å². The largest absolute Gasteiger partial charge is 0.467 e. The first-order chi connectivity index (χ1) is 5.62. The molecule has 12 heavy (non-hydrogen) atoms. The van der Waals surface area contributed by atoms with Crippen LogP contribution in [-0.2, 0) is 5.54 Å². The second-order valence-corrected chi connectivity index (χ2v) is 4.19. The van der Waals surface area contributed by atoms with Crippen LogP contribution in [0.3, 0.4) is 0 Å². The van der Waals surface area contributed by atoms with Crippen LogP contribution in [0.15, 0.2) is 22.8 Å². The Bertz CT molecular complexity index is 276. The second kappa shape index (κ2) is 2.13. The van der Waals surface area contributed by atoms with Crippen molar-refractivity contribution < 1.29 is 4.42 Å². The maximum atomic E-state index is 5.42. The minimum Gasteiger partial charge on any atom is -0.467 e. The molecule has 2 rings (SSSR count). The number of furan rings is 1. The fraction of sp³-hybridized carbons (Fsp3) is 0.600. The summed E-state index contributed by atoms with van der Waals surface area (Å²) in [5.74, 6) is 1.06. The summed E-state index contributed by atoms with van der Waals surface area (Å²) in [7, 11) is 2.00. The first-order valence-corrected chi connectivity index (χ1v) is 4.35. The van der Waals surface area contributed by atoms with Gasteiger partial charge in [0.25, 0.3) is 0 Å². The summed E-state index contributed by atoms with van der Waals surface area (Å²) in [4.78, 5) is 0. The molecule has 0 radical (unpaired) electrons. The average molecular weight is 165 g/mol.